The molecule has 3 heterocycles. The lowest BCUT2D eigenvalue weighted by Gasteiger charge is -2.35. The number of carbonyl (C=O) groups is 6. The first-order valence-corrected chi connectivity index (χ1v) is 33.4. The Morgan fingerprint density at radius 3 is 2.03 bits per heavy atom. The average molecular weight is 1280 g/mol. The van der Waals surface area contributed by atoms with Gasteiger partial charge >= 0.3 is 0 Å². The highest BCUT2D eigenvalue weighted by molar-refractivity contribution is 7.89. The third-order valence-electron chi connectivity index (χ3n) is 17.0. The van der Waals surface area contributed by atoms with E-state index in [1.54, 1.807) is 83.5 Å². The molecule has 2 aliphatic heterocycles. The summed E-state index contributed by atoms with van der Waals surface area (Å²) in [6.07, 6.45) is -0.0271. The summed E-state index contributed by atoms with van der Waals surface area (Å²) in [6, 6.07) is 41.7. The number of hydrogen-bond acceptors (Lipinski definition) is 13. The number of aliphatic hydroxyl groups excluding tert-OH is 1. The van der Waals surface area contributed by atoms with Gasteiger partial charge in [-0.25, -0.2) is 17.7 Å². The number of aromatic nitrogens is 3. The molecule has 21 nitrogen and oxygen atoms in total. The van der Waals surface area contributed by atoms with Gasteiger partial charge in [-0.05, 0) is 88.1 Å². The molecular formula is C71H84N11O10S+. The van der Waals surface area contributed by atoms with Crippen LogP contribution in [0.3, 0.4) is 0 Å². The first-order chi connectivity index (χ1) is 44.8. The fourth-order valence-corrected chi connectivity index (χ4v) is 13.3. The van der Waals surface area contributed by atoms with Crippen LogP contribution in [0.1, 0.15) is 105 Å². The second-order valence-corrected chi connectivity index (χ2v) is 25.6. The maximum Gasteiger partial charge on any atom is 0.254 e. The van der Waals surface area contributed by atoms with E-state index in [4.69, 9.17) is 4.42 Å². The molecule has 3 aliphatic rings. The Morgan fingerprint density at radius 1 is 0.699 bits per heavy atom. The Labute approximate surface area is 543 Å². The highest BCUT2D eigenvalue weighted by Gasteiger charge is 2.32. The number of rotatable bonds is 28. The molecule has 9 rings (SSSR count). The van der Waals surface area contributed by atoms with Crippen LogP contribution in [0.25, 0.3) is 33.4 Å². The zero-order valence-electron chi connectivity index (χ0n) is 54.0. The first kappa shape index (κ1) is 68.0. The van der Waals surface area contributed by atoms with Gasteiger partial charge in [0.05, 0.1) is 42.4 Å². The van der Waals surface area contributed by atoms with E-state index >= 15 is 0 Å². The molecule has 3 atom stereocenters. The summed E-state index contributed by atoms with van der Waals surface area (Å²) in [5, 5.41) is 29.8. The summed E-state index contributed by atoms with van der Waals surface area (Å²) >= 11 is 0. The van der Waals surface area contributed by atoms with Crippen LogP contribution in [0.5, 0.6) is 0 Å². The zero-order chi connectivity index (χ0) is 66.3. The summed E-state index contributed by atoms with van der Waals surface area (Å²) in [5.74, 6) is -1.79. The van der Waals surface area contributed by atoms with Gasteiger partial charge in [0.25, 0.3) is 5.91 Å². The Bertz CT molecular complexity index is 4080. The smallest absolute Gasteiger partial charge is 0.254 e. The van der Waals surface area contributed by atoms with Crippen molar-refractivity contribution in [1.29, 1.82) is 0 Å². The standard InChI is InChI=1S/C71H83N11O10S/c1-8-77(9-2)54-30-32-59-63(41-54)92-64-42-55(78(10-3)11-4)31-33-60(64)68(59)57-24-18-19-25-58(57)71(89)80-38-36-79(37-39-80)67(86)35-34-65(84)72-44-66(85)74-61(40-50-26-28-52(29-27-50)69(87)51-20-14-12-15-21-51)70(88)73-43-53-46-82(76-75-53)49(7)62(83)47-81(45-48(5)6)93(90,91)56-22-16-13-17-23-56/h12-33,41-42,46,48-49,61-62,83H,8-11,34-40,43-45,47H2,1-7H3,(H2-,72,73,74,84,85,88)/p+1/t49-,61-,62?/m0/s1. The van der Waals surface area contributed by atoms with Gasteiger partial charge < -0.3 is 40.2 Å². The number of amides is 5. The number of nitrogens with zero attached hydrogens (tertiary/aromatic N) is 8. The molecule has 22 heteroatoms. The highest BCUT2D eigenvalue weighted by atomic mass is 32.2. The third kappa shape index (κ3) is 16.6. The zero-order valence-corrected chi connectivity index (χ0v) is 54.8. The molecule has 0 saturated carbocycles. The molecule has 0 radical (unpaired) electrons. The molecular weight excluding hydrogens is 1200 g/mol. The van der Waals surface area contributed by atoms with Gasteiger partial charge in [0.1, 0.15) is 36.2 Å². The van der Waals surface area contributed by atoms with Crippen molar-refractivity contribution in [3.8, 4) is 22.5 Å². The van der Waals surface area contributed by atoms with Crippen LogP contribution in [0.4, 0.5) is 5.69 Å². The number of fused-ring (bicyclic) bond motifs is 2. The maximum absolute atomic E-state index is 14.7. The molecule has 1 aromatic heterocycles. The number of hydrogen-bond donors (Lipinski definition) is 4. The largest absolute Gasteiger partial charge is 0.456 e. The van der Waals surface area contributed by atoms with Crippen molar-refractivity contribution in [3.05, 3.63) is 185 Å². The van der Waals surface area contributed by atoms with Crippen LogP contribution in [0, 0.1) is 5.92 Å². The van der Waals surface area contributed by atoms with Crippen LogP contribution >= 0.6 is 0 Å². The van der Waals surface area contributed by atoms with E-state index in [2.05, 4.69) is 99.8 Å². The van der Waals surface area contributed by atoms with Crippen molar-refractivity contribution >= 4 is 62.0 Å². The van der Waals surface area contributed by atoms with Gasteiger partial charge in [-0.3, -0.25) is 28.8 Å². The topological polar surface area (TPSA) is 253 Å². The normalized spacial score (nSPS) is 13.6. The summed E-state index contributed by atoms with van der Waals surface area (Å²) in [5.41, 5.74) is 6.68. The molecule has 6 aromatic rings. The minimum atomic E-state index is -3.94. The van der Waals surface area contributed by atoms with Crippen LogP contribution < -0.4 is 30.8 Å². The van der Waals surface area contributed by atoms with E-state index < -0.39 is 52.5 Å². The second kappa shape index (κ2) is 31.3. The number of nitrogens with one attached hydrogen (secondary N) is 3. The quantitative estimate of drug-likeness (QED) is 0.0216. The Balaban J connectivity index is 0.807. The van der Waals surface area contributed by atoms with Crippen molar-refractivity contribution in [2.75, 3.05) is 76.9 Å². The highest BCUT2D eigenvalue weighted by Crippen LogP contribution is 2.42. The number of piperazine rings is 1. The summed E-state index contributed by atoms with van der Waals surface area (Å²) in [6.45, 7) is 17.6. The van der Waals surface area contributed by atoms with Gasteiger partial charge in [0.2, 0.25) is 39.0 Å². The lowest BCUT2D eigenvalue weighted by atomic mass is 9.90. The van der Waals surface area contributed by atoms with E-state index in [1.807, 2.05) is 44.2 Å². The number of benzene rings is 6. The van der Waals surface area contributed by atoms with E-state index in [0.717, 1.165) is 59.3 Å². The van der Waals surface area contributed by atoms with Crippen molar-refractivity contribution in [2.24, 2.45) is 5.92 Å². The Hall–Kier alpha value is -9.38. The van der Waals surface area contributed by atoms with Crippen molar-refractivity contribution in [1.82, 2.24) is 49.6 Å². The molecule has 1 unspecified atom stereocenters. The van der Waals surface area contributed by atoms with Crippen molar-refractivity contribution < 1.29 is 46.7 Å². The van der Waals surface area contributed by atoms with Gasteiger partial charge in [0, 0.05) is 123 Å². The minimum absolute atomic E-state index is 0.00585. The number of anilines is 1. The van der Waals surface area contributed by atoms with E-state index in [1.165, 1.54) is 27.3 Å². The van der Waals surface area contributed by atoms with Gasteiger partial charge in [0.15, 0.2) is 5.78 Å². The number of sulfonamides is 1. The van der Waals surface area contributed by atoms with Crippen LogP contribution in [-0.4, -0.2) is 162 Å². The molecule has 1 aliphatic carbocycles. The average Bonchev–Trinajstić information content (AvgIpc) is 1.04. The van der Waals surface area contributed by atoms with Crippen LogP contribution in [0.15, 0.2) is 161 Å². The van der Waals surface area contributed by atoms with Crippen molar-refractivity contribution in [2.45, 2.75) is 97.4 Å². The molecule has 5 amide bonds. The van der Waals surface area contributed by atoms with E-state index in [0.29, 0.717) is 39.3 Å². The fraction of sp³-hybridized carbons (Fsp3) is 0.366. The third-order valence-corrected chi connectivity index (χ3v) is 18.8. The molecule has 4 N–H and O–H groups in total. The fourth-order valence-electron chi connectivity index (χ4n) is 11.7. The predicted molar refractivity (Wildman–Crippen MR) is 357 cm³/mol. The van der Waals surface area contributed by atoms with E-state index in [-0.39, 0.29) is 93.5 Å². The molecule has 0 spiro atoms. The lowest BCUT2D eigenvalue weighted by molar-refractivity contribution is -0.135. The molecule has 1 saturated heterocycles. The first-order valence-electron chi connectivity index (χ1n) is 32.0. The second-order valence-electron chi connectivity index (χ2n) is 23.6. The number of carbonyl (C=O) groups excluding carboxylic acids is 6. The monoisotopic (exact) mass is 1280 g/mol. The summed E-state index contributed by atoms with van der Waals surface area (Å²) in [4.78, 5) is 88.1. The minimum Gasteiger partial charge on any atom is -0.456 e. The number of ketones is 1. The van der Waals surface area contributed by atoms with E-state index in [9.17, 15) is 42.3 Å². The number of aliphatic hydroxyl groups is 1. The molecule has 5 aromatic carbocycles. The predicted octanol–water partition coefficient (Wildman–Crippen LogP) is 7.18. The van der Waals surface area contributed by atoms with Crippen LogP contribution in [-0.2, 0) is 42.2 Å². The SMILES string of the molecule is CCN(CC)c1ccc2c(-c3ccccc3C(=O)N3CCN(C(=O)CCC(=O)NCC(=O)N[C@@H](Cc4ccc(C(=O)c5ccccc5)cc4)C(=O)NCc4cn([C@@H](C)C(O)CN(CC(C)C)S(=O)(=O)c5ccccc5)nn4)CC3)c3ccc(=[N+](CC)CC)cc-3oc2c1. The van der Waals surface area contributed by atoms with Gasteiger partial charge in [-0.1, -0.05) is 110 Å². The Morgan fingerprint density at radius 2 is 1.35 bits per heavy atom. The van der Waals surface area contributed by atoms with Gasteiger partial charge in [-0.15, -0.1) is 5.10 Å². The van der Waals surface area contributed by atoms with Gasteiger partial charge in [-0.2, -0.15) is 4.31 Å². The molecule has 0 bridgehead atoms. The molecule has 1 fully saturated rings. The van der Waals surface area contributed by atoms with Crippen LogP contribution in [0.2, 0.25) is 0 Å². The summed E-state index contributed by atoms with van der Waals surface area (Å²) in [7, 11) is -3.94. The molecule has 488 valence electrons. The maximum atomic E-state index is 14.7. The lowest BCUT2D eigenvalue weighted by Crippen LogP contribution is -2.51. The summed E-state index contributed by atoms with van der Waals surface area (Å²) < 4.78 is 38.9. The van der Waals surface area contributed by atoms with Crippen molar-refractivity contribution in [3.63, 3.8) is 0 Å². The molecule has 93 heavy (non-hydrogen) atoms. The Kier molecular flexibility index (Phi) is 22.9.